The van der Waals surface area contributed by atoms with Crippen LogP contribution in [0.4, 0.5) is 17.1 Å². The van der Waals surface area contributed by atoms with E-state index in [-0.39, 0.29) is 0 Å². The van der Waals surface area contributed by atoms with Crippen LogP contribution in [-0.2, 0) is 0 Å². The number of fused-ring (bicyclic) bond motifs is 7. The van der Waals surface area contributed by atoms with E-state index in [1.54, 1.807) is 0 Å². The second-order valence-electron chi connectivity index (χ2n) is 14.8. The van der Waals surface area contributed by atoms with Crippen LogP contribution in [0.2, 0.25) is 0 Å². The average molecular weight is 716 g/mol. The van der Waals surface area contributed by atoms with Crippen LogP contribution < -0.4 is 4.90 Å². The van der Waals surface area contributed by atoms with E-state index >= 15 is 0 Å². The van der Waals surface area contributed by atoms with E-state index in [2.05, 4.69) is 205 Å². The third-order valence-corrected chi connectivity index (χ3v) is 11.7. The van der Waals surface area contributed by atoms with E-state index in [1.165, 1.54) is 43.8 Å². The summed E-state index contributed by atoms with van der Waals surface area (Å²) in [6.45, 7) is 0. The van der Waals surface area contributed by atoms with Crippen LogP contribution in [0.25, 0.3) is 71.3 Å². The second-order valence-corrected chi connectivity index (χ2v) is 14.8. The fourth-order valence-electron chi connectivity index (χ4n) is 8.88. The maximum absolute atomic E-state index is 6.42. The molecule has 2 heteroatoms. The molecule has 0 N–H and O–H groups in total. The molecular formula is C54H37NO. The zero-order valence-electron chi connectivity index (χ0n) is 30.7. The Kier molecular flexibility index (Phi) is 7.67. The van der Waals surface area contributed by atoms with Gasteiger partial charge in [-0.1, -0.05) is 176 Å². The normalized spacial score (nSPS) is 16.1. The second kappa shape index (κ2) is 13.3. The van der Waals surface area contributed by atoms with Crippen LogP contribution >= 0.6 is 0 Å². The Balaban J connectivity index is 0.984. The fourth-order valence-corrected chi connectivity index (χ4v) is 8.88. The quantitative estimate of drug-likeness (QED) is 0.159. The van der Waals surface area contributed by atoms with Gasteiger partial charge in [-0.25, -0.2) is 0 Å². The number of furan rings is 1. The highest BCUT2D eigenvalue weighted by Gasteiger charge is 2.24. The van der Waals surface area contributed by atoms with E-state index in [4.69, 9.17) is 4.42 Å². The molecule has 0 bridgehead atoms. The molecule has 0 radical (unpaired) electrons. The lowest BCUT2D eigenvalue weighted by atomic mass is 9.77. The van der Waals surface area contributed by atoms with Crippen molar-refractivity contribution < 1.29 is 4.42 Å². The molecule has 0 amide bonds. The van der Waals surface area contributed by atoms with Crippen molar-refractivity contribution in [3.63, 3.8) is 0 Å². The van der Waals surface area contributed by atoms with Gasteiger partial charge in [0, 0.05) is 44.9 Å². The lowest BCUT2D eigenvalue weighted by molar-refractivity contribution is 0.670. The minimum Gasteiger partial charge on any atom is -0.455 e. The molecule has 9 aromatic rings. The zero-order valence-corrected chi connectivity index (χ0v) is 30.7. The number of allylic oxidation sites excluding steroid dienone is 8. The van der Waals surface area contributed by atoms with Crippen molar-refractivity contribution >= 4 is 66.1 Å². The molecule has 0 saturated carbocycles. The van der Waals surface area contributed by atoms with Gasteiger partial charge < -0.3 is 9.32 Å². The van der Waals surface area contributed by atoms with Crippen molar-refractivity contribution in [3.8, 4) is 22.3 Å². The molecule has 1 heterocycles. The van der Waals surface area contributed by atoms with Crippen LogP contribution in [0.3, 0.4) is 0 Å². The first-order valence-corrected chi connectivity index (χ1v) is 19.4. The molecule has 0 aliphatic heterocycles. The summed E-state index contributed by atoms with van der Waals surface area (Å²) in [5.74, 6) is 0.818. The van der Waals surface area contributed by atoms with Crippen molar-refractivity contribution in [3.05, 3.63) is 218 Å². The summed E-state index contributed by atoms with van der Waals surface area (Å²) in [5.41, 5.74) is 12.4. The lowest BCUT2D eigenvalue weighted by Crippen LogP contribution is -2.14. The Morgan fingerprint density at radius 2 is 1.04 bits per heavy atom. The highest BCUT2D eigenvalue weighted by molar-refractivity contribution is 6.13. The predicted octanol–water partition coefficient (Wildman–Crippen LogP) is 15.0. The van der Waals surface area contributed by atoms with Crippen molar-refractivity contribution in [2.75, 3.05) is 4.90 Å². The van der Waals surface area contributed by atoms with E-state index in [9.17, 15) is 0 Å². The first kappa shape index (κ1) is 32.3. The minimum absolute atomic E-state index is 0.390. The van der Waals surface area contributed by atoms with Gasteiger partial charge in [-0.15, -0.1) is 0 Å². The highest BCUT2D eigenvalue weighted by Crippen LogP contribution is 2.43. The Labute approximate surface area is 326 Å². The molecule has 2 aliphatic rings. The van der Waals surface area contributed by atoms with E-state index < -0.39 is 0 Å². The van der Waals surface area contributed by atoms with E-state index in [0.717, 1.165) is 50.1 Å². The molecule has 2 nitrogen and oxygen atoms in total. The molecule has 2 aliphatic carbocycles. The van der Waals surface area contributed by atoms with Crippen LogP contribution in [0.5, 0.6) is 0 Å². The van der Waals surface area contributed by atoms with Gasteiger partial charge in [-0.2, -0.15) is 0 Å². The predicted molar refractivity (Wildman–Crippen MR) is 237 cm³/mol. The van der Waals surface area contributed by atoms with Gasteiger partial charge in [0.05, 0.1) is 5.69 Å². The summed E-state index contributed by atoms with van der Waals surface area (Å²) in [6.07, 6.45) is 15.7. The van der Waals surface area contributed by atoms with E-state index in [1.807, 2.05) is 12.1 Å². The topological polar surface area (TPSA) is 16.4 Å². The number of nitrogens with zero attached hydrogens (tertiary/aromatic N) is 1. The summed E-state index contributed by atoms with van der Waals surface area (Å²) >= 11 is 0. The molecule has 1 aromatic heterocycles. The van der Waals surface area contributed by atoms with Gasteiger partial charge in [0.15, 0.2) is 0 Å². The summed E-state index contributed by atoms with van der Waals surface area (Å²) in [4.78, 5) is 2.39. The number of hydrogen-bond donors (Lipinski definition) is 0. The average Bonchev–Trinajstić information content (AvgIpc) is 3.66. The Morgan fingerprint density at radius 1 is 0.411 bits per heavy atom. The van der Waals surface area contributed by atoms with Gasteiger partial charge in [-0.05, 0) is 80.4 Å². The van der Waals surface area contributed by atoms with Crippen LogP contribution in [0.1, 0.15) is 5.56 Å². The molecule has 8 aromatic carbocycles. The maximum Gasteiger partial charge on any atom is 0.143 e. The molecule has 2 atom stereocenters. The molecule has 264 valence electrons. The highest BCUT2D eigenvalue weighted by atomic mass is 16.3. The first-order chi connectivity index (χ1) is 27.8. The number of hydrogen-bond acceptors (Lipinski definition) is 2. The largest absolute Gasteiger partial charge is 0.455 e. The van der Waals surface area contributed by atoms with Gasteiger partial charge in [0.25, 0.3) is 0 Å². The molecule has 2 unspecified atom stereocenters. The monoisotopic (exact) mass is 715 g/mol. The minimum atomic E-state index is 0.390. The Hall–Kier alpha value is -7.16. The van der Waals surface area contributed by atoms with Crippen LogP contribution in [0.15, 0.2) is 217 Å². The van der Waals surface area contributed by atoms with Gasteiger partial charge in [0.2, 0.25) is 0 Å². The SMILES string of the molecule is C1=CC2C=CC=C(c3ccc(-c4ccc(N(c5ccc(-c6cccc7c6oc6ccccc67)cc5)c5cccc6c5ccc5ccccc56)cc4)cc3)C2C=C1. The number of anilines is 3. The Morgan fingerprint density at radius 3 is 1.86 bits per heavy atom. The van der Waals surface area contributed by atoms with E-state index in [0.29, 0.717) is 11.8 Å². The molecule has 0 spiro atoms. The number of para-hydroxylation sites is 2. The number of benzene rings is 8. The van der Waals surface area contributed by atoms with Gasteiger partial charge in [0.1, 0.15) is 11.2 Å². The third-order valence-electron chi connectivity index (χ3n) is 11.7. The summed E-state index contributed by atoms with van der Waals surface area (Å²) in [6, 6.07) is 61.5. The summed E-state index contributed by atoms with van der Waals surface area (Å²) in [7, 11) is 0. The van der Waals surface area contributed by atoms with Gasteiger partial charge >= 0.3 is 0 Å². The first-order valence-electron chi connectivity index (χ1n) is 19.4. The summed E-state index contributed by atoms with van der Waals surface area (Å²) in [5, 5.41) is 7.22. The fraction of sp³-hybridized carbons (Fsp3) is 0.0370. The molecule has 0 saturated heterocycles. The van der Waals surface area contributed by atoms with Crippen molar-refractivity contribution in [2.45, 2.75) is 0 Å². The van der Waals surface area contributed by atoms with Gasteiger partial charge in [-0.3, -0.25) is 0 Å². The smallest absolute Gasteiger partial charge is 0.143 e. The van der Waals surface area contributed by atoms with Crippen molar-refractivity contribution in [1.29, 1.82) is 0 Å². The molecular weight excluding hydrogens is 679 g/mol. The molecule has 0 fully saturated rings. The Bertz CT molecular complexity index is 3070. The van der Waals surface area contributed by atoms with Crippen LogP contribution in [0, 0.1) is 11.8 Å². The maximum atomic E-state index is 6.42. The van der Waals surface area contributed by atoms with Crippen molar-refractivity contribution in [2.24, 2.45) is 11.8 Å². The van der Waals surface area contributed by atoms with Crippen molar-refractivity contribution in [1.82, 2.24) is 0 Å². The summed E-state index contributed by atoms with van der Waals surface area (Å²) < 4.78 is 6.42. The van der Waals surface area contributed by atoms with Crippen LogP contribution in [-0.4, -0.2) is 0 Å². The third kappa shape index (κ3) is 5.41. The molecule has 11 rings (SSSR count). The zero-order chi connectivity index (χ0) is 37.0. The standard InChI is InChI=1S/C54H37NO/c1-3-13-44-38(10-1)12-7-16-45(44)40-24-22-36(23-25-40)37-26-31-42(32-27-37)55(52-20-9-18-48-46-14-4-2-11-39(46)30-35-49(48)52)43-33-28-41(29-34-43)47-17-8-19-51-50-15-5-6-21-53(50)56-54(47)51/h1-35,38,44H. The lowest BCUT2D eigenvalue weighted by Gasteiger charge is -2.28. The number of rotatable bonds is 6. The molecule has 56 heavy (non-hydrogen) atoms.